The zero-order valence-electron chi connectivity index (χ0n) is 19.2. The third kappa shape index (κ3) is 4.59. The standard InChI is InChI=1S/C24H23N5O5S/c1-14-7-9-28(10-8-14)24-27-29-20(25)16(21(30)26-23(29)35-24)12-15-5-6-17(19(13-15)32-2)34-22(31)18-4-3-11-33-18/h3-6,11-14,25H,7-10H2,1-2H3/b16-12-,25-20?. The maximum absolute atomic E-state index is 12.8. The van der Waals surface area contributed by atoms with Crippen LogP contribution in [0.25, 0.3) is 6.08 Å². The first-order chi connectivity index (χ1) is 16.9. The van der Waals surface area contributed by atoms with Gasteiger partial charge < -0.3 is 18.8 Å². The number of furan rings is 1. The summed E-state index contributed by atoms with van der Waals surface area (Å²) in [5.74, 6) is 0.0242. The molecule has 3 aliphatic rings. The largest absolute Gasteiger partial charge is 0.493 e. The second-order valence-corrected chi connectivity index (χ2v) is 9.28. The zero-order valence-corrected chi connectivity index (χ0v) is 20.0. The van der Waals surface area contributed by atoms with Gasteiger partial charge in [-0.3, -0.25) is 10.2 Å². The van der Waals surface area contributed by atoms with Gasteiger partial charge in [0.2, 0.25) is 10.9 Å². The normalized spacial score (nSPS) is 19.5. The number of esters is 1. The van der Waals surface area contributed by atoms with Crippen LogP contribution in [0.1, 0.15) is 35.9 Å². The van der Waals surface area contributed by atoms with Crippen LogP contribution >= 0.6 is 11.8 Å². The molecule has 11 heteroatoms. The Morgan fingerprint density at radius 2 is 2.03 bits per heavy atom. The van der Waals surface area contributed by atoms with Gasteiger partial charge in [-0.1, -0.05) is 13.0 Å². The lowest BCUT2D eigenvalue weighted by atomic mass is 10.00. The van der Waals surface area contributed by atoms with Crippen LogP contribution in [0.5, 0.6) is 11.5 Å². The van der Waals surface area contributed by atoms with Crippen LogP contribution in [0.3, 0.4) is 0 Å². The molecule has 0 radical (unpaired) electrons. The number of rotatable bonds is 4. The third-order valence-electron chi connectivity index (χ3n) is 5.92. The number of likely N-dealkylation sites (tertiary alicyclic amines) is 1. The van der Waals surface area contributed by atoms with Crippen molar-refractivity contribution in [1.82, 2.24) is 9.91 Å². The Balaban J connectivity index is 1.36. The number of hydrazone groups is 1. The molecule has 0 saturated carbocycles. The smallest absolute Gasteiger partial charge is 0.379 e. The van der Waals surface area contributed by atoms with Gasteiger partial charge in [0.15, 0.2) is 22.5 Å². The number of carbonyl (C=O) groups is 2. The average molecular weight is 494 g/mol. The SMILES string of the molecule is COc1cc(/C=C2/C(=N)N3N=C(N4CCC(C)CC4)SC3=NC2=O)ccc1OC(=O)c1ccco1. The number of amides is 1. The van der Waals surface area contributed by atoms with Gasteiger partial charge in [-0.2, -0.15) is 10.0 Å². The lowest BCUT2D eigenvalue weighted by Gasteiger charge is -2.30. The maximum atomic E-state index is 12.8. The number of ether oxygens (including phenoxy) is 2. The number of benzene rings is 1. The fourth-order valence-corrected chi connectivity index (χ4v) is 4.82. The fourth-order valence-electron chi connectivity index (χ4n) is 3.88. The summed E-state index contributed by atoms with van der Waals surface area (Å²) in [4.78, 5) is 31.3. The number of thioether (sulfide) groups is 1. The average Bonchev–Trinajstić information content (AvgIpc) is 3.54. The van der Waals surface area contributed by atoms with Gasteiger partial charge in [-0.25, -0.2) is 4.79 Å². The van der Waals surface area contributed by atoms with E-state index in [2.05, 4.69) is 21.9 Å². The molecular weight excluding hydrogens is 470 g/mol. The summed E-state index contributed by atoms with van der Waals surface area (Å²) >= 11 is 1.32. The lowest BCUT2D eigenvalue weighted by molar-refractivity contribution is -0.114. The predicted molar refractivity (Wildman–Crippen MR) is 132 cm³/mol. The Kier molecular flexibility index (Phi) is 6.16. The molecule has 1 aromatic carbocycles. The van der Waals surface area contributed by atoms with Gasteiger partial charge in [0, 0.05) is 13.1 Å². The molecule has 1 N–H and O–H groups in total. The summed E-state index contributed by atoms with van der Waals surface area (Å²) in [6, 6.07) is 7.91. The molecule has 1 amide bonds. The number of fused-ring (bicyclic) bond motifs is 1. The van der Waals surface area contributed by atoms with E-state index < -0.39 is 11.9 Å². The van der Waals surface area contributed by atoms with E-state index >= 15 is 0 Å². The molecule has 1 aromatic heterocycles. The highest BCUT2D eigenvalue weighted by atomic mass is 32.2. The van der Waals surface area contributed by atoms with E-state index in [0.717, 1.165) is 31.1 Å². The van der Waals surface area contributed by atoms with Crippen LogP contribution in [-0.2, 0) is 4.79 Å². The van der Waals surface area contributed by atoms with E-state index in [-0.39, 0.29) is 28.7 Å². The molecule has 2 aromatic rings. The molecule has 3 aliphatic heterocycles. The molecule has 35 heavy (non-hydrogen) atoms. The van der Waals surface area contributed by atoms with Crippen LogP contribution in [0, 0.1) is 11.3 Å². The number of nitrogens with one attached hydrogen (secondary N) is 1. The topological polar surface area (TPSA) is 121 Å². The molecule has 0 atom stereocenters. The van der Waals surface area contributed by atoms with E-state index in [1.54, 1.807) is 30.3 Å². The Bertz CT molecular complexity index is 1280. The first-order valence-electron chi connectivity index (χ1n) is 11.1. The number of hydrogen-bond acceptors (Lipinski definition) is 9. The maximum Gasteiger partial charge on any atom is 0.379 e. The summed E-state index contributed by atoms with van der Waals surface area (Å²) < 4.78 is 15.8. The van der Waals surface area contributed by atoms with E-state index in [9.17, 15) is 9.59 Å². The Labute approximate surface area is 205 Å². The molecule has 1 fully saturated rings. The number of carbonyl (C=O) groups excluding carboxylic acids is 2. The van der Waals surface area contributed by atoms with Gasteiger partial charge in [-0.15, -0.1) is 5.10 Å². The van der Waals surface area contributed by atoms with Crippen molar-refractivity contribution in [2.24, 2.45) is 16.0 Å². The summed E-state index contributed by atoms with van der Waals surface area (Å²) in [6.07, 6.45) is 5.10. The molecular formula is C24H23N5O5S. The van der Waals surface area contributed by atoms with E-state index in [4.69, 9.17) is 19.3 Å². The number of methoxy groups -OCH3 is 1. The highest BCUT2D eigenvalue weighted by molar-refractivity contribution is 8.26. The van der Waals surface area contributed by atoms with Crippen molar-refractivity contribution < 1.29 is 23.5 Å². The van der Waals surface area contributed by atoms with Crippen LogP contribution in [-0.4, -0.2) is 58.2 Å². The van der Waals surface area contributed by atoms with Crippen molar-refractivity contribution in [3.8, 4) is 11.5 Å². The molecule has 0 spiro atoms. The minimum Gasteiger partial charge on any atom is -0.493 e. The van der Waals surface area contributed by atoms with Crippen LogP contribution in [0.4, 0.5) is 0 Å². The third-order valence-corrected chi connectivity index (χ3v) is 6.89. The number of amidine groups is 3. The van der Waals surface area contributed by atoms with E-state index in [0.29, 0.717) is 16.6 Å². The van der Waals surface area contributed by atoms with Gasteiger partial charge in [-0.05, 0) is 66.4 Å². The second-order valence-electron chi connectivity index (χ2n) is 8.35. The Morgan fingerprint density at radius 3 is 2.74 bits per heavy atom. The number of piperidine rings is 1. The minimum absolute atomic E-state index is 0.0415. The van der Waals surface area contributed by atoms with Crippen molar-refractivity contribution in [3.05, 3.63) is 53.5 Å². The van der Waals surface area contributed by atoms with Crippen LogP contribution in [0.2, 0.25) is 0 Å². The van der Waals surface area contributed by atoms with Crippen LogP contribution in [0.15, 0.2) is 56.7 Å². The van der Waals surface area contributed by atoms with Gasteiger partial charge in [0.25, 0.3) is 5.91 Å². The monoisotopic (exact) mass is 493 g/mol. The Hall–Kier alpha value is -3.86. The first kappa shape index (κ1) is 22.9. The van der Waals surface area contributed by atoms with Gasteiger partial charge in [0.05, 0.1) is 18.9 Å². The summed E-state index contributed by atoms with van der Waals surface area (Å²) in [6.45, 7) is 4.04. The molecule has 0 unspecified atom stereocenters. The number of hydrogen-bond donors (Lipinski definition) is 1. The van der Waals surface area contributed by atoms with Crippen LogP contribution < -0.4 is 9.47 Å². The summed E-state index contributed by atoms with van der Waals surface area (Å²) in [7, 11) is 1.44. The summed E-state index contributed by atoms with van der Waals surface area (Å²) in [5.41, 5.74) is 0.682. The van der Waals surface area contributed by atoms with Crippen molar-refractivity contribution in [3.63, 3.8) is 0 Å². The molecule has 1 saturated heterocycles. The van der Waals surface area contributed by atoms with Gasteiger partial charge >= 0.3 is 5.97 Å². The number of aliphatic imine (C=N–C) groups is 1. The fraction of sp³-hybridized carbons (Fsp3) is 0.292. The number of nitrogens with zero attached hydrogens (tertiary/aromatic N) is 4. The van der Waals surface area contributed by atoms with Gasteiger partial charge in [0.1, 0.15) is 0 Å². The quantitative estimate of drug-likeness (QED) is 0.388. The minimum atomic E-state index is -0.658. The molecule has 0 aliphatic carbocycles. The van der Waals surface area contributed by atoms with Crippen molar-refractivity contribution >= 4 is 45.9 Å². The van der Waals surface area contributed by atoms with Crippen molar-refractivity contribution in [1.29, 1.82) is 5.41 Å². The lowest BCUT2D eigenvalue weighted by Crippen LogP contribution is -2.36. The molecule has 10 nitrogen and oxygen atoms in total. The second kappa shape index (κ2) is 9.41. The van der Waals surface area contributed by atoms with E-state index in [1.807, 2.05) is 0 Å². The first-order valence-corrected chi connectivity index (χ1v) is 11.9. The molecule has 4 heterocycles. The Morgan fingerprint density at radius 1 is 1.23 bits per heavy atom. The highest BCUT2D eigenvalue weighted by Gasteiger charge is 2.37. The molecule has 180 valence electrons. The van der Waals surface area contributed by atoms with E-state index in [1.165, 1.54) is 36.2 Å². The predicted octanol–water partition coefficient (Wildman–Crippen LogP) is 3.82. The highest BCUT2D eigenvalue weighted by Crippen LogP contribution is 2.33. The molecule has 5 rings (SSSR count). The zero-order chi connectivity index (χ0) is 24.5. The summed E-state index contributed by atoms with van der Waals surface area (Å²) in [5, 5.41) is 15.7. The van der Waals surface area contributed by atoms with Crippen molar-refractivity contribution in [2.75, 3.05) is 20.2 Å². The molecule has 0 bridgehead atoms. The van der Waals surface area contributed by atoms with Crippen molar-refractivity contribution in [2.45, 2.75) is 19.8 Å².